The van der Waals surface area contributed by atoms with E-state index in [2.05, 4.69) is 21.2 Å². The van der Waals surface area contributed by atoms with Crippen molar-refractivity contribution in [3.8, 4) is 11.5 Å². The van der Waals surface area contributed by atoms with Gasteiger partial charge in [-0.25, -0.2) is 0 Å². The Morgan fingerprint density at radius 3 is 2.42 bits per heavy atom. The molecule has 4 heteroatoms. The molecule has 0 aromatic heterocycles. The highest BCUT2D eigenvalue weighted by Gasteiger charge is 2.10. The van der Waals surface area contributed by atoms with Crippen LogP contribution < -0.4 is 5.32 Å². The van der Waals surface area contributed by atoms with E-state index in [1.54, 1.807) is 12.1 Å². The summed E-state index contributed by atoms with van der Waals surface area (Å²) in [6.07, 6.45) is 0. The highest BCUT2D eigenvalue weighted by Crippen LogP contribution is 2.27. The van der Waals surface area contributed by atoms with E-state index in [1.165, 1.54) is 11.6 Å². The molecule has 0 aliphatic carbocycles. The van der Waals surface area contributed by atoms with Crippen molar-refractivity contribution in [2.24, 2.45) is 0 Å². The predicted molar refractivity (Wildman–Crippen MR) is 79.2 cm³/mol. The lowest BCUT2D eigenvalue weighted by Gasteiger charge is -2.16. The molecule has 2 aromatic rings. The molecule has 0 saturated heterocycles. The van der Waals surface area contributed by atoms with Crippen molar-refractivity contribution in [1.29, 1.82) is 0 Å². The van der Waals surface area contributed by atoms with E-state index in [-0.39, 0.29) is 17.5 Å². The molecule has 100 valence electrons. The third-order valence-corrected chi connectivity index (χ3v) is 3.53. The van der Waals surface area contributed by atoms with E-state index in [0.717, 1.165) is 16.6 Å². The van der Waals surface area contributed by atoms with E-state index < -0.39 is 0 Å². The molecule has 0 fully saturated rings. The summed E-state index contributed by atoms with van der Waals surface area (Å²) < 4.78 is 1.06. The average molecular weight is 322 g/mol. The third-order valence-electron chi connectivity index (χ3n) is 3.01. The van der Waals surface area contributed by atoms with Gasteiger partial charge >= 0.3 is 0 Å². The van der Waals surface area contributed by atoms with Crippen molar-refractivity contribution < 1.29 is 10.2 Å². The molecule has 2 aromatic carbocycles. The van der Waals surface area contributed by atoms with Crippen LogP contribution in [0.5, 0.6) is 11.5 Å². The van der Waals surface area contributed by atoms with Crippen LogP contribution in [0.4, 0.5) is 0 Å². The summed E-state index contributed by atoms with van der Waals surface area (Å²) in [7, 11) is 0. The van der Waals surface area contributed by atoms with Crippen molar-refractivity contribution in [1.82, 2.24) is 5.32 Å². The third kappa shape index (κ3) is 3.72. The van der Waals surface area contributed by atoms with Crippen molar-refractivity contribution in [2.75, 3.05) is 0 Å². The zero-order valence-corrected chi connectivity index (χ0v) is 12.2. The number of nitrogens with one attached hydrogen (secondary N) is 1. The Morgan fingerprint density at radius 1 is 1.11 bits per heavy atom. The monoisotopic (exact) mass is 321 g/mol. The lowest BCUT2D eigenvalue weighted by atomic mass is 10.1. The number of halogens is 1. The van der Waals surface area contributed by atoms with Crippen LogP contribution in [0.3, 0.4) is 0 Å². The van der Waals surface area contributed by atoms with Crippen LogP contribution >= 0.6 is 15.9 Å². The molecule has 0 bridgehead atoms. The average Bonchev–Trinajstić information content (AvgIpc) is 2.37. The molecular weight excluding hydrogens is 306 g/mol. The Bertz CT molecular complexity index is 555. The van der Waals surface area contributed by atoms with Crippen LogP contribution in [0.15, 0.2) is 46.9 Å². The van der Waals surface area contributed by atoms with E-state index in [1.807, 2.05) is 31.2 Å². The van der Waals surface area contributed by atoms with Crippen molar-refractivity contribution >= 4 is 15.9 Å². The van der Waals surface area contributed by atoms with Crippen LogP contribution in [0.2, 0.25) is 0 Å². The lowest BCUT2D eigenvalue weighted by Crippen LogP contribution is -2.18. The van der Waals surface area contributed by atoms with Gasteiger partial charge in [0.25, 0.3) is 0 Å². The first-order chi connectivity index (χ1) is 9.06. The van der Waals surface area contributed by atoms with E-state index in [4.69, 9.17) is 0 Å². The van der Waals surface area contributed by atoms with Gasteiger partial charge in [0.1, 0.15) is 11.5 Å². The lowest BCUT2D eigenvalue weighted by molar-refractivity contribution is 0.436. The van der Waals surface area contributed by atoms with E-state index in [9.17, 15) is 10.2 Å². The molecule has 0 spiro atoms. The summed E-state index contributed by atoms with van der Waals surface area (Å²) in [5, 5.41) is 22.4. The van der Waals surface area contributed by atoms with Gasteiger partial charge in [-0.2, -0.15) is 0 Å². The van der Waals surface area contributed by atoms with Crippen molar-refractivity contribution in [3.05, 3.63) is 58.1 Å². The normalized spacial score (nSPS) is 12.3. The highest BCUT2D eigenvalue weighted by molar-refractivity contribution is 9.10. The second-order valence-corrected chi connectivity index (χ2v) is 5.39. The number of hydrogen-bond acceptors (Lipinski definition) is 3. The minimum atomic E-state index is 0.00393. The topological polar surface area (TPSA) is 52.5 Å². The number of aromatic hydroxyl groups is 2. The van der Waals surface area contributed by atoms with Crippen LogP contribution in [0, 0.1) is 0 Å². The maximum atomic E-state index is 9.79. The first-order valence-electron chi connectivity index (χ1n) is 6.06. The van der Waals surface area contributed by atoms with Gasteiger partial charge in [0.15, 0.2) is 0 Å². The molecule has 0 radical (unpaired) electrons. The largest absolute Gasteiger partial charge is 0.508 e. The second-order valence-electron chi connectivity index (χ2n) is 4.47. The zero-order valence-electron chi connectivity index (χ0n) is 10.6. The van der Waals surface area contributed by atoms with E-state index in [0.29, 0.717) is 0 Å². The molecule has 1 unspecified atom stereocenters. The molecule has 0 heterocycles. The standard InChI is InChI=1S/C15H16BrNO2/c1-10(14-7-6-13(18)8-15(14)19)17-9-11-2-4-12(16)5-3-11/h2-8,10,17-19H,9H2,1H3. The summed E-state index contributed by atoms with van der Waals surface area (Å²) in [4.78, 5) is 0. The molecule has 2 rings (SSSR count). The fraction of sp³-hybridized carbons (Fsp3) is 0.200. The van der Waals surface area contributed by atoms with Gasteiger partial charge in [-0.15, -0.1) is 0 Å². The van der Waals surface area contributed by atoms with Crippen LogP contribution in [0.25, 0.3) is 0 Å². The summed E-state index contributed by atoms with van der Waals surface area (Å²) in [6, 6.07) is 12.7. The minimum absolute atomic E-state index is 0.00393. The molecule has 3 N–H and O–H groups in total. The summed E-state index contributed by atoms with van der Waals surface area (Å²) >= 11 is 3.40. The number of rotatable bonds is 4. The predicted octanol–water partition coefficient (Wildman–Crippen LogP) is 3.71. The van der Waals surface area contributed by atoms with Crippen LogP contribution in [0.1, 0.15) is 24.1 Å². The van der Waals surface area contributed by atoms with Gasteiger partial charge in [0.05, 0.1) is 0 Å². The number of benzene rings is 2. The van der Waals surface area contributed by atoms with Gasteiger partial charge in [-0.1, -0.05) is 34.1 Å². The highest BCUT2D eigenvalue weighted by atomic mass is 79.9. The van der Waals surface area contributed by atoms with Crippen molar-refractivity contribution in [2.45, 2.75) is 19.5 Å². The first kappa shape index (κ1) is 13.9. The van der Waals surface area contributed by atoms with Crippen molar-refractivity contribution in [3.63, 3.8) is 0 Å². The smallest absolute Gasteiger partial charge is 0.124 e. The fourth-order valence-corrected chi connectivity index (χ4v) is 2.15. The Morgan fingerprint density at radius 2 is 1.79 bits per heavy atom. The van der Waals surface area contributed by atoms with Gasteiger partial charge in [-0.05, 0) is 30.7 Å². The summed E-state index contributed by atoms with van der Waals surface area (Å²) in [5.41, 5.74) is 1.95. The Balaban J connectivity index is 2.01. The van der Waals surface area contributed by atoms with Gasteiger partial charge in [-0.3, -0.25) is 0 Å². The Labute approximate surface area is 121 Å². The number of phenols is 2. The van der Waals surface area contributed by atoms with E-state index >= 15 is 0 Å². The quantitative estimate of drug-likeness (QED) is 0.804. The molecular formula is C15H16BrNO2. The van der Waals surface area contributed by atoms with Gasteiger partial charge in [0.2, 0.25) is 0 Å². The van der Waals surface area contributed by atoms with Gasteiger partial charge < -0.3 is 15.5 Å². The molecule has 0 aliphatic rings. The summed E-state index contributed by atoms with van der Waals surface area (Å²) in [5.74, 6) is 0.178. The minimum Gasteiger partial charge on any atom is -0.508 e. The molecule has 3 nitrogen and oxygen atoms in total. The second kappa shape index (κ2) is 6.08. The van der Waals surface area contributed by atoms with Gasteiger partial charge in [0, 0.05) is 28.7 Å². The van der Waals surface area contributed by atoms with Crippen LogP contribution in [-0.4, -0.2) is 10.2 Å². The van der Waals surface area contributed by atoms with Crippen LogP contribution in [-0.2, 0) is 6.54 Å². The molecule has 0 amide bonds. The fourth-order valence-electron chi connectivity index (χ4n) is 1.88. The zero-order chi connectivity index (χ0) is 13.8. The first-order valence-corrected chi connectivity index (χ1v) is 6.85. The molecule has 1 atom stereocenters. The maximum Gasteiger partial charge on any atom is 0.124 e. The number of phenolic OH excluding ortho intramolecular Hbond substituents is 2. The maximum absolute atomic E-state index is 9.79. The molecule has 19 heavy (non-hydrogen) atoms. The Kier molecular flexibility index (Phi) is 4.45. The Hall–Kier alpha value is -1.52. The molecule has 0 aliphatic heterocycles. The summed E-state index contributed by atoms with van der Waals surface area (Å²) in [6.45, 7) is 2.69. The molecule has 0 saturated carbocycles. The number of hydrogen-bond donors (Lipinski definition) is 3. The SMILES string of the molecule is CC(NCc1ccc(Br)cc1)c1ccc(O)cc1O.